The van der Waals surface area contributed by atoms with Gasteiger partial charge in [-0.3, -0.25) is 0 Å². The highest BCUT2D eigenvalue weighted by atomic mass is 35.6. The summed E-state index contributed by atoms with van der Waals surface area (Å²) in [5.41, 5.74) is 2.94. The first-order valence-electron chi connectivity index (χ1n) is 6.70. The first-order chi connectivity index (χ1) is 10.5. The zero-order valence-electron chi connectivity index (χ0n) is 13.2. The standard InChI is InChI=1S/C14H19Cl3N4OS/c1-8-5-6-9(2)10(7-8)18-12(23)19-11(14(15,16)17)20-13(22)21(3)4/h5-7,11H,1-4H3,(H,20,22)(H2,18,19,23)/t11-/m1/s1. The van der Waals surface area contributed by atoms with E-state index in [2.05, 4.69) is 16.0 Å². The second kappa shape index (κ2) is 8.24. The van der Waals surface area contributed by atoms with Gasteiger partial charge in [0.1, 0.15) is 0 Å². The van der Waals surface area contributed by atoms with E-state index in [0.29, 0.717) is 0 Å². The van der Waals surface area contributed by atoms with Crippen LogP contribution in [0.25, 0.3) is 0 Å². The number of nitrogens with zero attached hydrogens (tertiary/aromatic N) is 1. The Bertz CT molecular complexity index is 590. The summed E-state index contributed by atoms with van der Waals surface area (Å²) < 4.78 is -1.78. The maximum Gasteiger partial charge on any atom is 0.318 e. The van der Waals surface area contributed by atoms with Crippen LogP contribution in [0.2, 0.25) is 0 Å². The maximum atomic E-state index is 11.8. The number of hydrogen-bond donors (Lipinski definition) is 3. The quantitative estimate of drug-likeness (QED) is 0.415. The van der Waals surface area contributed by atoms with Crippen molar-refractivity contribution in [2.24, 2.45) is 0 Å². The zero-order valence-corrected chi connectivity index (χ0v) is 16.3. The molecular weight excluding hydrogens is 379 g/mol. The van der Waals surface area contributed by atoms with E-state index in [4.69, 9.17) is 47.0 Å². The van der Waals surface area contributed by atoms with E-state index in [0.717, 1.165) is 16.8 Å². The number of carbonyl (C=O) groups is 1. The van der Waals surface area contributed by atoms with Crippen molar-refractivity contribution in [3.8, 4) is 0 Å². The summed E-state index contributed by atoms with van der Waals surface area (Å²) in [5.74, 6) is 0. The van der Waals surface area contributed by atoms with Gasteiger partial charge < -0.3 is 20.9 Å². The van der Waals surface area contributed by atoms with Crippen LogP contribution in [0, 0.1) is 13.8 Å². The lowest BCUT2D eigenvalue weighted by Gasteiger charge is -2.29. The second-order valence-electron chi connectivity index (χ2n) is 5.24. The summed E-state index contributed by atoms with van der Waals surface area (Å²) in [4.78, 5) is 13.1. The molecule has 3 N–H and O–H groups in total. The molecule has 128 valence electrons. The first-order valence-corrected chi connectivity index (χ1v) is 8.24. The van der Waals surface area contributed by atoms with E-state index >= 15 is 0 Å². The van der Waals surface area contributed by atoms with E-state index in [-0.39, 0.29) is 5.11 Å². The average molecular weight is 398 g/mol. The molecule has 0 saturated carbocycles. The summed E-state index contributed by atoms with van der Waals surface area (Å²) in [6.07, 6.45) is -0.993. The Labute approximate surface area is 156 Å². The number of urea groups is 1. The molecule has 9 heteroatoms. The van der Waals surface area contributed by atoms with Crippen LogP contribution in [0.1, 0.15) is 11.1 Å². The molecule has 1 aromatic rings. The summed E-state index contributed by atoms with van der Waals surface area (Å²) >= 11 is 22.9. The monoisotopic (exact) mass is 396 g/mol. The van der Waals surface area contributed by atoms with Crippen LogP contribution in [0.4, 0.5) is 10.5 Å². The van der Waals surface area contributed by atoms with E-state index in [1.54, 1.807) is 14.1 Å². The molecule has 23 heavy (non-hydrogen) atoms. The molecule has 1 aromatic carbocycles. The molecular formula is C14H19Cl3N4OS. The summed E-state index contributed by atoms with van der Waals surface area (Å²) in [5, 5.41) is 8.62. The van der Waals surface area contributed by atoms with Gasteiger partial charge in [-0.15, -0.1) is 0 Å². The fraction of sp³-hybridized carbons (Fsp3) is 0.429. The Hall–Kier alpha value is -0.950. The van der Waals surface area contributed by atoms with Crippen molar-refractivity contribution < 1.29 is 4.79 Å². The van der Waals surface area contributed by atoms with Gasteiger partial charge in [0.25, 0.3) is 0 Å². The zero-order chi connectivity index (χ0) is 17.8. The highest BCUT2D eigenvalue weighted by molar-refractivity contribution is 7.80. The number of anilines is 1. The Kier molecular flexibility index (Phi) is 7.20. The van der Waals surface area contributed by atoms with Crippen LogP contribution in [-0.2, 0) is 0 Å². The number of hydrogen-bond acceptors (Lipinski definition) is 2. The van der Waals surface area contributed by atoms with Gasteiger partial charge in [0.2, 0.25) is 3.79 Å². The van der Waals surface area contributed by atoms with Crippen LogP contribution in [0.3, 0.4) is 0 Å². The third-order valence-electron chi connectivity index (χ3n) is 2.92. The highest BCUT2D eigenvalue weighted by Crippen LogP contribution is 2.29. The number of amides is 2. The minimum Gasteiger partial charge on any atom is -0.339 e. The number of benzene rings is 1. The smallest absolute Gasteiger partial charge is 0.318 e. The van der Waals surface area contributed by atoms with E-state index in [1.807, 2.05) is 32.0 Å². The average Bonchev–Trinajstić information content (AvgIpc) is 2.40. The highest BCUT2D eigenvalue weighted by Gasteiger charge is 2.35. The molecule has 0 aromatic heterocycles. The van der Waals surface area contributed by atoms with E-state index in [9.17, 15) is 4.79 Å². The largest absolute Gasteiger partial charge is 0.339 e. The number of halogens is 3. The molecule has 0 spiro atoms. The number of thiocarbonyl (C=S) groups is 1. The topological polar surface area (TPSA) is 56.4 Å². The van der Waals surface area contributed by atoms with Crippen LogP contribution >= 0.6 is 47.0 Å². The van der Waals surface area contributed by atoms with Gasteiger partial charge in [0.15, 0.2) is 11.3 Å². The van der Waals surface area contributed by atoms with Gasteiger partial charge in [-0.25, -0.2) is 4.79 Å². The van der Waals surface area contributed by atoms with Crippen molar-refractivity contribution in [3.05, 3.63) is 29.3 Å². The van der Waals surface area contributed by atoms with Gasteiger partial charge in [-0.1, -0.05) is 46.9 Å². The van der Waals surface area contributed by atoms with Crippen LogP contribution < -0.4 is 16.0 Å². The minimum atomic E-state index is -1.78. The predicted octanol–water partition coefficient (Wildman–Crippen LogP) is 3.56. The third kappa shape index (κ3) is 6.59. The fourth-order valence-corrected chi connectivity index (χ4v) is 2.17. The molecule has 1 atom stereocenters. The van der Waals surface area contributed by atoms with Crippen molar-refractivity contribution in [1.29, 1.82) is 0 Å². The molecule has 0 aliphatic carbocycles. The fourth-order valence-electron chi connectivity index (χ4n) is 1.61. The lowest BCUT2D eigenvalue weighted by molar-refractivity contribution is 0.212. The van der Waals surface area contributed by atoms with Crippen LogP contribution in [0.5, 0.6) is 0 Å². The Morgan fingerprint density at radius 3 is 2.35 bits per heavy atom. The molecule has 1 rings (SSSR count). The molecule has 0 aliphatic rings. The predicted molar refractivity (Wildman–Crippen MR) is 102 cm³/mol. The number of carbonyl (C=O) groups excluding carboxylic acids is 1. The molecule has 0 saturated heterocycles. The van der Waals surface area contributed by atoms with Gasteiger partial charge in [-0.05, 0) is 43.3 Å². The Morgan fingerprint density at radius 2 is 1.83 bits per heavy atom. The van der Waals surface area contributed by atoms with Gasteiger partial charge in [-0.2, -0.15) is 0 Å². The molecule has 5 nitrogen and oxygen atoms in total. The van der Waals surface area contributed by atoms with Crippen molar-refractivity contribution in [2.75, 3.05) is 19.4 Å². The molecule has 0 radical (unpaired) electrons. The lowest BCUT2D eigenvalue weighted by Crippen LogP contribution is -2.57. The minimum absolute atomic E-state index is 0.231. The van der Waals surface area contributed by atoms with Crippen molar-refractivity contribution in [1.82, 2.24) is 15.5 Å². The maximum absolute atomic E-state index is 11.8. The Morgan fingerprint density at radius 1 is 1.22 bits per heavy atom. The van der Waals surface area contributed by atoms with Crippen molar-refractivity contribution >= 4 is 63.9 Å². The number of nitrogens with one attached hydrogen (secondary N) is 3. The van der Waals surface area contributed by atoms with Gasteiger partial charge in [0, 0.05) is 19.8 Å². The SMILES string of the molecule is Cc1ccc(C)c(NC(=S)N[C@H](NC(=O)N(C)C)C(Cl)(Cl)Cl)c1. The molecule has 0 aliphatic heterocycles. The molecule has 0 fully saturated rings. The number of aryl methyl sites for hydroxylation is 2. The van der Waals surface area contributed by atoms with Gasteiger partial charge in [0.05, 0.1) is 0 Å². The number of rotatable bonds is 3. The molecule has 2 amide bonds. The summed E-state index contributed by atoms with van der Waals surface area (Å²) in [6.45, 7) is 3.92. The molecule has 0 unspecified atom stereocenters. The summed E-state index contributed by atoms with van der Waals surface area (Å²) in [6, 6.07) is 5.51. The lowest BCUT2D eigenvalue weighted by atomic mass is 10.1. The second-order valence-corrected chi connectivity index (χ2v) is 8.01. The molecule has 0 heterocycles. The Balaban J connectivity index is 2.81. The summed E-state index contributed by atoms with van der Waals surface area (Å²) in [7, 11) is 3.16. The third-order valence-corrected chi connectivity index (χ3v) is 3.79. The molecule has 0 bridgehead atoms. The van der Waals surface area contributed by atoms with Crippen molar-refractivity contribution in [3.63, 3.8) is 0 Å². The van der Waals surface area contributed by atoms with Crippen LogP contribution in [-0.4, -0.2) is 40.1 Å². The normalized spacial score (nSPS) is 12.3. The van der Waals surface area contributed by atoms with E-state index in [1.165, 1.54) is 4.90 Å². The first kappa shape index (κ1) is 20.1. The van der Waals surface area contributed by atoms with Gasteiger partial charge >= 0.3 is 6.03 Å². The van der Waals surface area contributed by atoms with Crippen LogP contribution in [0.15, 0.2) is 18.2 Å². The number of alkyl halides is 3. The van der Waals surface area contributed by atoms with E-state index < -0.39 is 16.0 Å². The van der Waals surface area contributed by atoms with Crippen molar-refractivity contribution in [2.45, 2.75) is 23.8 Å².